The molecule has 16 heteroatoms. The van der Waals surface area contributed by atoms with Gasteiger partial charge in [0.1, 0.15) is 17.6 Å². The lowest BCUT2D eigenvalue weighted by Crippen LogP contribution is -2.55. The van der Waals surface area contributed by atoms with Gasteiger partial charge < -0.3 is 9.42 Å². The van der Waals surface area contributed by atoms with Crippen molar-refractivity contribution in [3.8, 4) is 22.6 Å². The second-order valence-corrected chi connectivity index (χ2v) is 9.74. The standard InChI is InChI=1S/C26H19F4N7O5/c27-19-12(15-8-9-31-25(32-15)26(28,29)30)3-1-4-13(19)21-34-18(42-35-21)11-36-10-2-5-14-20(36)24(41)37(23(14)40)16-6-7-17(38)33-22(16)39/h1,3-4,8-9,16H,2,5-7,10-11H2,(H,33,38,39). The minimum absolute atomic E-state index is 0.00884. The van der Waals surface area contributed by atoms with E-state index in [1.54, 1.807) is 4.90 Å². The number of hydrogen-bond donors (Lipinski definition) is 1. The fourth-order valence-electron chi connectivity index (χ4n) is 5.20. The van der Waals surface area contributed by atoms with Crippen LogP contribution in [0.1, 0.15) is 37.4 Å². The van der Waals surface area contributed by atoms with Crippen LogP contribution in [0.4, 0.5) is 17.6 Å². The highest BCUT2D eigenvalue weighted by molar-refractivity contribution is 6.21. The first-order valence-corrected chi connectivity index (χ1v) is 12.7. The minimum atomic E-state index is -4.82. The van der Waals surface area contributed by atoms with Crippen LogP contribution in [0, 0.1) is 5.82 Å². The average molecular weight is 585 g/mol. The van der Waals surface area contributed by atoms with Crippen molar-refractivity contribution < 1.29 is 41.3 Å². The van der Waals surface area contributed by atoms with Crippen molar-refractivity contribution in [1.29, 1.82) is 0 Å². The zero-order valence-corrected chi connectivity index (χ0v) is 21.4. The highest BCUT2D eigenvalue weighted by Crippen LogP contribution is 2.35. The molecule has 0 radical (unpaired) electrons. The minimum Gasteiger partial charge on any atom is -0.357 e. The molecule has 0 spiro atoms. The second-order valence-electron chi connectivity index (χ2n) is 9.74. The number of carbonyl (C=O) groups excluding carboxylic acids is 4. The predicted octanol–water partition coefficient (Wildman–Crippen LogP) is 2.38. The normalized spacial score (nSPS) is 19.5. The molecule has 3 aliphatic heterocycles. The Balaban J connectivity index is 1.24. The lowest BCUT2D eigenvalue weighted by atomic mass is 10.0. The average Bonchev–Trinajstić information content (AvgIpc) is 3.51. The molecule has 42 heavy (non-hydrogen) atoms. The monoisotopic (exact) mass is 585 g/mol. The maximum atomic E-state index is 15.5. The molecular weight excluding hydrogens is 566 g/mol. The maximum Gasteiger partial charge on any atom is 0.451 e. The summed E-state index contributed by atoms with van der Waals surface area (Å²) in [6.07, 6.45) is -3.11. The zero-order chi connectivity index (χ0) is 29.8. The van der Waals surface area contributed by atoms with Gasteiger partial charge in [-0.15, -0.1) is 0 Å². The van der Waals surface area contributed by atoms with Crippen molar-refractivity contribution in [1.82, 2.24) is 35.2 Å². The van der Waals surface area contributed by atoms with E-state index < -0.39 is 47.5 Å². The van der Waals surface area contributed by atoms with E-state index >= 15 is 4.39 Å². The zero-order valence-electron chi connectivity index (χ0n) is 21.4. The van der Waals surface area contributed by atoms with E-state index in [1.807, 2.05) is 0 Å². The molecule has 2 aromatic heterocycles. The van der Waals surface area contributed by atoms with Gasteiger partial charge in [0.25, 0.3) is 11.8 Å². The van der Waals surface area contributed by atoms with E-state index in [2.05, 4.69) is 25.4 Å². The topological polar surface area (TPSA) is 151 Å². The van der Waals surface area contributed by atoms with Gasteiger partial charge in [-0.2, -0.15) is 18.2 Å². The first kappa shape index (κ1) is 27.2. The van der Waals surface area contributed by atoms with Crippen molar-refractivity contribution in [3.05, 3.63) is 59.3 Å². The van der Waals surface area contributed by atoms with Gasteiger partial charge in [-0.3, -0.25) is 29.4 Å². The fraction of sp³-hybridized carbons (Fsp3) is 0.308. The van der Waals surface area contributed by atoms with Crippen LogP contribution in [0.2, 0.25) is 0 Å². The summed E-state index contributed by atoms with van der Waals surface area (Å²) in [6.45, 7) is 0.230. The molecule has 0 saturated carbocycles. The molecule has 5 heterocycles. The van der Waals surface area contributed by atoms with E-state index in [0.717, 1.165) is 17.2 Å². The summed E-state index contributed by atoms with van der Waals surface area (Å²) in [6, 6.07) is 3.99. The van der Waals surface area contributed by atoms with E-state index in [1.165, 1.54) is 18.2 Å². The molecule has 12 nitrogen and oxygen atoms in total. The van der Waals surface area contributed by atoms with Crippen molar-refractivity contribution in [2.75, 3.05) is 6.54 Å². The van der Waals surface area contributed by atoms with E-state index in [0.29, 0.717) is 19.4 Å². The summed E-state index contributed by atoms with van der Waals surface area (Å²) in [5.74, 6) is -5.05. The van der Waals surface area contributed by atoms with Gasteiger partial charge >= 0.3 is 6.18 Å². The summed E-state index contributed by atoms with van der Waals surface area (Å²) >= 11 is 0. The molecule has 1 atom stereocenters. The lowest BCUT2D eigenvalue weighted by molar-refractivity contribution is -0.150. The molecule has 6 rings (SSSR count). The summed E-state index contributed by atoms with van der Waals surface area (Å²) in [5, 5.41) is 5.95. The van der Waals surface area contributed by atoms with Crippen molar-refractivity contribution in [2.24, 2.45) is 0 Å². The van der Waals surface area contributed by atoms with Gasteiger partial charge in [0, 0.05) is 30.3 Å². The van der Waals surface area contributed by atoms with Crippen LogP contribution in [0.5, 0.6) is 0 Å². The Morgan fingerprint density at radius 2 is 1.81 bits per heavy atom. The van der Waals surface area contributed by atoms with Gasteiger partial charge in [0.15, 0.2) is 0 Å². The van der Waals surface area contributed by atoms with E-state index in [9.17, 15) is 32.3 Å². The summed E-state index contributed by atoms with van der Waals surface area (Å²) in [7, 11) is 0. The lowest BCUT2D eigenvalue weighted by Gasteiger charge is -2.29. The summed E-state index contributed by atoms with van der Waals surface area (Å²) < 4.78 is 60.0. The quantitative estimate of drug-likeness (QED) is 0.349. The molecule has 4 amide bonds. The Morgan fingerprint density at radius 3 is 2.57 bits per heavy atom. The van der Waals surface area contributed by atoms with Crippen molar-refractivity contribution in [3.63, 3.8) is 0 Å². The molecule has 3 aromatic rings. The molecule has 1 unspecified atom stereocenters. The van der Waals surface area contributed by atoms with Crippen LogP contribution in [0.25, 0.3) is 22.6 Å². The second kappa shape index (κ2) is 10.1. The molecular formula is C26H19F4N7O5. The number of nitrogens with one attached hydrogen (secondary N) is 1. The highest BCUT2D eigenvalue weighted by Gasteiger charge is 2.48. The van der Waals surface area contributed by atoms with E-state index in [4.69, 9.17) is 4.52 Å². The van der Waals surface area contributed by atoms with Crippen LogP contribution in [0.3, 0.4) is 0 Å². The first-order chi connectivity index (χ1) is 20.0. The third-order valence-corrected chi connectivity index (χ3v) is 7.10. The smallest absolute Gasteiger partial charge is 0.357 e. The van der Waals surface area contributed by atoms with Crippen LogP contribution in [0.15, 0.2) is 46.3 Å². The fourth-order valence-corrected chi connectivity index (χ4v) is 5.20. The Hall–Kier alpha value is -5.02. The highest BCUT2D eigenvalue weighted by atomic mass is 19.4. The summed E-state index contributed by atoms with van der Waals surface area (Å²) in [5.41, 5.74) is -0.366. The number of alkyl halides is 3. The van der Waals surface area contributed by atoms with Gasteiger partial charge in [0.2, 0.25) is 29.4 Å². The Morgan fingerprint density at radius 1 is 1.02 bits per heavy atom. The molecule has 3 aliphatic rings. The van der Waals surface area contributed by atoms with Crippen LogP contribution >= 0.6 is 0 Å². The maximum absolute atomic E-state index is 15.5. The van der Waals surface area contributed by atoms with Gasteiger partial charge in [-0.05, 0) is 37.5 Å². The number of amides is 4. The Labute approximate surface area is 233 Å². The molecule has 1 aromatic carbocycles. The Kier molecular flexibility index (Phi) is 6.54. The van der Waals surface area contributed by atoms with Gasteiger partial charge in [-0.1, -0.05) is 11.2 Å². The number of nitrogens with zero attached hydrogens (tertiary/aromatic N) is 6. The molecule has 1 fully saturated rings. The third-order valence-electron chi connectivity index (χ3n) is 7.10. The van der Waals surface area contributed by atoms with E-state index in [-0.39, 0.29) is 59.2 Å². The summed E-state index contributed by atoms with van der Waals surface area (Å²) in [4.78, 5) is 63.6. The van der Waals surface area contributed by atoms with Crippen molar-refractivity contribution in [2.45, 2.75) is 44.4 Å². The number of benzene rings is 1. The number of rotatable bonds is 5. The number of hydrogen-bond acceptors (Lipinski definition) is 10. The molecule has 0 bridgehead atoms. The van der Waals surface area contributed by atoms with Crippen LogP contribution < -0.4 is 5.32 Å². The molecule has 1 saturated heterocycles. The third kappa shape index (κ3) is 4.67. The number of imide groups is 2. The Bertz CT molecular complexity index is 1690. The first-order valence-electron chi connectivity index (χ1n) is 12.7. The number of piperidine rings is 1. The van der Waals surface area contributed by atoms with Crippen LogP contribution in [-0.4, -0.2) is 66.1 Å². The SMILES string of the molecule is O=C1CCC(N2C(=O)C3=C(C2=O)N(Cc2nc(-c4cccc(-c5ccnc(C(F)(F)F)n5)c4F)no2)CCC3)C(=O)N1. The largest absolute Gasteiger partial charge is 0.451 e. The molecule has 216 valence electrons. The van der Waals surface area contributed by atoms with Crippen LogP contribution in [-0.2, 0) is 31.9 Å². The molecule has 0 aliphatic carbocycles. The number of carbonyl (C=O) groups is 4. The van der Waals surface area contributed by atoms with Gasteiger partial charge in [-0.25, -0.2) is 14.4 Å². The van der Waals surface area contributed by atoms with Crippen molar-refractivity contribution >= 4 is 23.6 Å². The number of halogens is 4. The predicted molar refractivity (Wildman–Crippen MR) is 130 cm³/mol. The van der Waals surface area contributed by atoms with Gasteiger partial charge in [0.05, 0.1) is 17.8 Å². The number of aromatic nitrogens is 4. The molecule has 1 N–H and O–H groups in total.